The van der Waals surface area contributed by atoms with Gasteiger partial charge in [-0.3, -0.25) is 0 Å². The van der Waals surface area contributed by atoms with E-state index in [0.717, 1.165) is 0 Å². The first kappa shape index (κ1) is 14.7. The molecular weight excluding hydrogens is 285 g/mol. The average molecular weight is 298 g/mol. The summed E-state index contributed by atoms with van der Waals surface area (Å²) in [5.41, 5.74) is 0.508. The Labute approximate surface area is 111 Å². The monoisotopic (exact) mass is 297 g/mol. The summed E-state index contributed by atoms with van der Waals surface area (Å²) in [6.45, 7) is 3.05. The zero-order valence-corrected chi connectivity index (χ0v) is 11.7. The van der Waals surface area contributed by atoms with Gasteiger partial charge in [-0.05, 0) is 31.5 Å². The van der Waals surface area contributed by atoms with Crippen molar-refractivity contribution in [2.45, 2.75) is 24.8 Å². The van der Waals surface area contributed by atoms with E-state index in [1.807, 2.05) is 0 Å². The lowest BCUT2D eigenvalue weighted by Gasteiger charge is -2.11. The first-order valence-electron chi connectivity index (χ1n) is 4.88. The normalized spacial score (nSPS) is 13.7. The number of sulfonamides is 1. The molecule has 1 atom stereocenters. The summed E-state index contributed by atoms with van der Waals surface area (Å²) in [5, 5.41) is 9.55. The molecule has 0 heterocycles. The molecular formula is C10H13Cl2NO3S. The van der Waals surface area contributed by atoms with Crippen molar-refractivity contribution in [3.63, 3.8) is 0 Å². The standard InChI is InChI=1S/C10H13Cl2NO3S/c1-6(14)5-13-17(15,16)9-4-3-8(11)7(2)10(9)12/h3-4,6,13-14H,5H2,1-2H3/t6-/m0/s1. The third-order valence-electron chi connectivity index (χ3n) is 2.14. The lowest BCUT2D eigenvalue weighted by Crippen LogP contribution is -2.30. The summed E-state index contributed by atoms with van der Waals surface area (Å²) in [6, 6.07) is 2.81. The maximum Gasteiger partial charge on any atom is 0.242 e. The third kappa shape index (κ3) is 3.56. The minimum absolute atomic E-state index is 0.0401. The number of nitrogens with one attached hydrogen (secondary N) is 1. The molecule has 0 aromatic heterocycles. The van der Waals surface area contributed by atoms with Crippen LogP contribution in [0.25, 0.3) is 0 Å². The molecule has 7 heteroatoms. The fourth-order valence-corrected chi connectivity index (χ4v) is 3.08. The van der Waals surface area contributed by atoms with Crippen LogP contribution in [-0.4, -0.2) is 26.2 Å². The van der Waals surface area contributed by atoms with Gasteiger partial charge in [0.25, 0.3) is 0 Å². The van der Waals surface area contributed by atoms with Crippen molar-refractivity contribution in [2.75, 3.05) is 6.54 Å². The highest BCUT2D eigenvalue weighted by Gasteiger charge is 2.20. The number of benzene rings is 1. The molecule has 0 saturated heterocycles. The van der Waals surface area contributed by atoms with Crippen LogP contribution in [0.15, 0.2) is 17.0 Å². The molecule has 2 N–H and O–H groups in total. The summed E-state index contributed by atoms with van der Waals surface area (Å²) in [7, 11) is -3.73. The van der Waals surface area contributed by atoms with Crippen LogP contribution in [0, 0.1) is 6.92 Å². The van der Waals surface area contributed by atoms with Gasteiger partial charge in [0, 0.05) is 11.6 Å². The Bertz CT molecular complexity index is 515. The van der Waals surface area contributed by atoms with Crippen molar-refractivity contribution in [3.8, 4) is 0 Å². The van der Waals surface area contributed by atoms with Crippen LogP contribution in [-0.2, 0) is 10.0 Å². The highest BCUT2D eigenvalue weighted by molar-refractivity contribution is 7.89. The Kier molecular flexibility index (Phi) is 4.80. The zero-order valence-electron chi connectivity index (χ0n) is 9.37. The first-order valence-corrected chi connectivity index (χ1v) is 7.12. The summed E-state index contributed by atoms with van der Waals surface area (Å²) >= 11 is 11.8. The van der Waals surface area contributed by atoms with Gasteiger partial charge in [-0.2, -0.15) is 0 Å². The highest BCUT2D eigenvalue weighted by atomic mass is 35.5. The van der Waals surface area contributed by atoms with Crippen LogP contribution >= 0.6 is 23.2 Å². The predicted molar refractivity (Wildman–Crippen MR) is 68.1 cm³/mol. The lowest BCUT2D eigenvalue weighted by atomic mass is 10.2. The first-order chi connectivity index (χ1) is 7.75. The van der Waals surface area contributed by atoms with E-state index in [0.29, 0.717) is 10.6 Å². The van der Waals surface area contributed by atoms with Crippen molar-refractivity contribution in [1.29, 1.82) is 0 Å². The maximum absolute atomic E-state index is 11.9. The predicted octanol–water partition coefficient (Wildman–Crippen LogP) is 1.96. The number of aliphatic hydroxyl groups excluding tert-OH is 1. The van der Waals surface area contributed by atoms with Crippen molar-refractivity contribution < 1.29 is 13.5 Å². The summed E-state index contributed by atoms with van der Waals surface area (Å²) in [4.78, 5) is -0.0401. The van der Waals surface area contributed by atoms with Gasteiger partial charge in [-0.15, -0.1) is 0 Å². The maximum atomic E-state index is 11.9. The second kappa shape index (κ2) is 5.54. The molecule has 0 fully saturated rings. The molecule has 96 valence electrons. The quantitative estimate of drug-likeness (QED) is 0.893. The molecule has 0 bridgehead atoms. The van der Waals surface area contributed by atoms with E-state index >= 15 is 0 Å². The topological polar surface area (TPSA) is 66.4 Å². The Balaban J connectivity index is 3.12. The van der Waals surface area contributed by atoms with E-state index in [-0.39, 0.29) is 16.5 Å². The fourth-order valence-electron chi connectivity index (χ4n) is 1.15. The van der Waals surface area contributed by atoms with Gasteiger partial charge in [0.2, 0.25) is 10.0 Å². The second-order valence-electron chi connectivity index (χ2n) is 3.69. The van der Waals surface area contributed by atoms with Crippen LogP contribution in [0.1, 0.15) is 12.5 Å². The zero-order chi connectivity index (χ0) is 13.2. The highest BCUT2D eigenvalue weighted by Crippen LogP contribution is 2.29. The molecule has 0 unspecified atom stereocenters. The Morgan fingerprint density at radius 3 is 2.53 bits per heavy atom. The van der Waals surface area contributed by atoms with Gasteiger partial charge in [-0.25, -0.2) is 13.1 Å². The third-order valence-corrected chi connectivity index (χ3v) is 4.62. The van der Waals surface area contributed by atoms with Crippen LogP contribution in [0.5, 0.6) is 0 Å². The molecule has 0 aliphatic carbocycles. The number of halogens is 2. The Morgan fingerprint density at radius 1 is 1.41 bits per heavy atom. The SMILES string of the molecule is Cc1c(Cl)ccc(S(=O)(=O)NC[C@H](C)O)c1Cl. The van der Waals surface area contributed by atoms with E-state index in [1.54, 1.807) is 6.92 Å². The largest absolute Gasteiger partial charge is 0.392 e. The molecule has 0 amide bonds. The molecule has 0 aliphatic heterocycles. The molecule has 4 nitrogen and oxygen atoms in total. The van der Waals surface area contributed by atoms with Gasteiger partial charge < -0.3 is 5.11 Å². The van der Waals surface area contributed by atoms with Crippen molar-refractivity contribution >= 4 is 33.2 Å². The van der Waals surface area contributed by atoms with E-state index in [2.05, 4.69) is 4.72 Å². The van der Waals surface area contributed by atoms with Gasteiger partial charge >= 0.3 is 0 Å². The van der Waals surface area contributed by atoms with Gasteiger partial charge in [0.15, 0.2) is 0 Å². The molecule has 17 heavy (non-hydrogen) atoms. The minimum atomic E-state index is -3.73. The van der Waals surface area contributed by atoms with E-state index in [9.17, 15) is 8.42 Å². The van der Waals surface area contributed by atoms with Crippen LogP contribution in [0.3, 0.4) is 0 Å². The smallest absolute Gasteiger partial charge is 0.242 e. The summed E-state index contributed by atoms with van der Waals surface area (Å²) in [6.07, 6.45) is -0.767. The summed E-state index contributed by atoms with van der Waals surface area (Å²) in [5.74, 6) is 0. The molecule has 0 radical (unpaired) electrons. The number of hydrogen-bond acceptors (Lipinski definition) is 3. The molecule has 1 aromatic rings. The molecule has 1 rings (SSSR count). The second-order valence-corrected chi connectivity index (χ2v) is 6.21. The van der Waals surface area contributed by atoms with Crippen molar-refractivity contribution in [1.82, 2.24) is 4.72 Å². The Morgan fingerprint density at radius 2 is 2.00 bits per heavy atom. The van der Waals surface area contributed by atoms with E-state index in [1.165, 1.54) is 19.1 Å². The molecule has 0 saturated carbocycles. The average Bonchev–Trinajstić information content (AvgIpc) is 2.23. The van der Waals surface area contributed by atoms with Crippen LogP contribution < -0.4 is 4.72 Å². The molecule has 0 spiro atoms. The van der Waals surface area contributed by atoms with Crippen LogP contribution in [0.4, 0.5) is 0 Å². The Hall–Kier alpha value is -0.330. The lowest BCUT2D eigenvalue weighted by molar-refractivity contribution is 0.198. The van der Waals surface area contributed by atoms with Crippen molar-refractivity contribution in [3.05, 3.63) is 27.7 Å². The van der Waals surface area contributed by atoms with E-state index in [4.69, 9.17) is 28.3 Å². The van der Waals surface area contributed by atoms with Gasteiger partial charge in [-0.1, -0.05) is 23.2 Å². The molecule has 1 aromatic carbocycles. The molecule has 0 aliphatic rings. The summed E-state index contributed by atoms with van der Waals surface area (Å²) < 4.78 is 26.0. The minimum Gasteiger partial charge on any atom is -0.392 e. The van der Waals surface area contributed by atoms with Crippen LogP contribution in [0.2, 0.25) is 10.0 Å². The van der Waals surface area contributed by atoms with E-state index < -0.39 is 16.1 Å². The number of aliphatic hydroxyl groups is 1. The van der Waals surface area contributed by atoms with Gasteiger partial charge in [0.1, 0.15) is 4.90 Å². The number of hydrogen-bond donors (Lipinski definition) is 2. The number of rotatable bonds is 4. The van der Waals surface area contributed by atoms with Gasteiger partial charge in [0.05, 0.1) is 11.1 Å². The fraction of sp³-hybridized carbons (Fsp3) is 0.400. The van der Waals surface area contributed by atoms with Crippen molar-refractivity contribution in [2.24, 2.45) is 0 Å².